The number of hydrogen-bond donors (Lipinski definition) is 2. The van der Waals surface area contributed by atoms with Crippen molar-refractivity contribution in [1.82, 2.24) is 10.6 Å². The van der Waals surface area contributed by atoms with E-state index < -0.39 is 0 Å². The van der Waals surface area contributed by atoms with Gasteiger partial charge in [-0.1, -0.05) is 28.1 Å². The lowest BCUT2D eigenvalue weighted by Crippen LogP contribution is -2.46. The van der Waals surface area contributed by atoms with Crippen LogP contribution in [0.3, 0.4) is 0 Å². The summed E-state index contributed by atoms with van der Waals surface area (Å²) in [5.41, 5.74) is 3.21. The highest BCUT2D eigenvalue weighted by Crippen LogP contribution is 2.41. The van der Waals surface area contributed by atoms with Gasteiger partial charge in [0.15, 0.2) is 0 Å². The van der Waals surface area contributed by atoms with Crippen LogP contribution in [0.15, 0.2) is 22.7 Å². The number of fused-ring (bicyclic) bond motifs is 2. The number of benzene rings is 1. The molecular weight excluding hydrogens is 252 g/mol. The van der Waals surface area contributed by atoms with Crippen molar-refractivity contribution in [2.24, 2.45) is 0 Å². The lowest BCUT2D eigenvalue weighted by Gasteiger charge is -2.35. The molecule has 0 radical (unpaired) electrons. The minimum atomic E-state index is 0.237. The Labute approximate surface area is 98.6 Å². The quantitative estimate of drug-likeness (QED) is 0.752. The van der Waals surface area contributed by atoms with Crippen LogP contribution in [0.1, 0.15) is 24.0 Å². The van der Waals surface area contributed by atoms with Crippen molar-refractivity contribution in [3.63, 3.8) is 0 Å². The molecule has 1 aromatic carbocycles. The van der Waals surface area contributed by atoms with Gasteiger partial charge in [0.05, 0.1) is 0 Å². The number of halogens is 1. The second kappa shape index (κ2) is 3.58. The molecule has 15 heavy (non-hydrogen) atoms. The molecule has 0 saturated carbocycles. The molecule has 1 fully saturated rings. The van der Waals surface area contributed by atoms with Crippen molar-refractivity contribution < 1.29 is 0 Å². The van der Waals surface area contributed by atoms with E-state index in [1.807, 2.05) is 0 Å². The highest BCUT2D eigenvalue weighted by molar-refractivity contribution is 9.10. The lowest BCUT2D eigenvalue weighted by atomic mass is 9.82. The summed E-state index contributed by atoms with van der Waals surface area (Å²) in [4.78, 5) is 0. The highest BCUT2D eigenvalue weighted by Gasteiger charge is 2.40. The average molecular weight is 267 g/mol. The summed E-state index contributed by atoms with van der Waals surface area (Å²) in [5, 5.41) is 7.14. The van der Waals surface area contributed by atoms with Crippen LogP contribution < -0.4 is 10.6 Å². The first kappa shape index (κ1) is 9.82. The Morgan fingerprint density at radius 1 is 1.20 bits per heavy atom. The molecule has 1 aromatic rings. The maximum atomic E-state index is 3.71. The van der Waals surface area contributed by atoms with Crippen molar-refractivity contribution in [2.45, 2.75) is 24.9 Å². The van der Waals surface area contributed by atoms with Crippen LogP contribution in [0.4, 0.5) is 0 Å². The Morgan fingerprint density at radius 3 is 2.80 bits per heavy atom. The van der Waals surface area contributed by atoms with Gasteiger partial charge in [0.1, 0.15) is 0 Å². The largest absolute Gasteiger partial charge is 0.317 e. The topological polar surface area (TPSA) is 24.1 Å². The Kier molecular flexibility index (Phi) is 2.34. The van der Waals surface area contributed by atoms with Crippen molar-refractivity contribution in [3.8, 4) is 0 Å². The Hall–Kier alpha value is -0.380. The van der Waals surface area contributed by atoms with E-state index in [4.69, 9.17) is 0 Å². The second-order valence-corrected chi connectivity index (χ2v) is 5.31. The van der Waals surface area contributed by atoms with Gasteiger partial charge in [0, 0.05) is 16.6 Å². The van der Waals surface area contributed by atoms with Gasteiger partial charge >= 0.3 is 0 Å². The average Bonchev–Trinajstić information content (AvgIpc) is 2.60. The van der Waals surface area contributed by atoms with Gasteiger partial charge in [0.25, 0.3) is 0 Å². The van der Waals surface area contributed by atoms with E-state index in [0.717, 1.165) is 19.6 Å². The van der Waals surface area contributed by atoms with Gasteiger partial charge in [-0.25, -0.2) is 0 Å². The lowest BCUT2D eigenvalue weighted by molar-refractivity contribution is 0.264. The van der Waals surface area contributed by atoms with Crippen molar-refractivity contribution >= 4 is 15.9 Å². The zero-order chi connectivity index (χ0) is 10.3. The van der Waals surface area contributed by atoms with Gasteiger partial charge in [0.2, 0.25) is 0 Å². The minimum Gasteiger partial charge on any atom is -0.317 e. The maximum Gasteiger partial charge on any atom is 0.0476 e. The first-order valence-corrected chi connectivity index (χ1v) is 6.35. The molecule has 0 aromatic heterocycles. The summed E-state index contributed by atoms with van der Waals surface area (Å²) < 4.78 is 1.27. The fourth-order valence-corrected chi connectivity index (χ4v) is 3.67. The van der Waals surface area contributed by atoms with Crippen LogP contribution in [-0.2, 0) is 12.1 Å². The maximum absolute atomic E-state index is 3.71. The standard InChI is InChI=1S/C12H15BrN2/c13-10-3-1-2-9-8-15-12(11(9)10)4-6-14-7-5-12/h1-3,14-15H,4-8H2. The van der Waals surface area contributed by atoms with E-state index in [1.165, 1.54) is 28.4 Å². The zero-order valence-electron chi connectivity index (χ0n) is 8.65. The van der Waals surface area contributed by atoms with Crippen LogP contribution in [-0.4, -0.2) is 13.1 Å². The molecule has 0 aliphatic carbocycles. The molecule has 3 heteroatoms. The smallest absolute Gasteiger partial charge is 0.0476 e. The third kappa shape index (κ3) is 1.45. The highest BCUT2D eigenvalue weighted by atomic mass is 79.9. The van der Waals surface area contributed by atoms with Crippen LogP contribution in [0.5, 0.6) is 0 Å². The van der Waals surface area contributed by atoms with E-state index in [-0.39, 0.29) is 5.54 Å². The summed E-state index contributed by atoms with van der Waals surface area (Å²) in [6, 6.07) is 6.53. The number of nitrogens with one attached hydrogen (secondary N) is 2. The summed E-state index contributed by atoms with van der Waals surface area (Å²) in [7, 11) is 0. The van der Waals surface area contributed by atoms with Crippen LogP contribution in [0.25, 0.3) is 0 Å². The number of hydrogen-bond acceptors (Lipinski definition) is 2. The molecule has 2 heterocycles. The predicted octanol–water partition coefficient (Wildman–Crippen LogP) is 2.13. The molecule has 0 unspecified atom stereocenters. The zero-order valence-corrected chi connectivity index (χ0v) is 10.2. The van der Waals surface area contributed by atoms with Crippen molar-refractivity contribution in [2.75, 3.05) is 13.1 Å². The first-order valence-electron chi connectivity index (χ1n) is 5.55. The third-order valence-corrected chi connectivity index (χ3v) is 4.31. The molecule has 80 valence electrons. The molecule has 0 bridgehead atoms. The number of rotatable bonds is 0. The van der Waals surface area contributed by atoms with E-state index in [2.05, 4.69) is 44.8 Å². The van der Waals surface area contributed by atoms with Crippen LogP contribution in [0, 0.1) is 0 Å². The van der Waals surface area contributed by atoms with Gasteiger partial charge < -0.3 is 10.6 Å². The summed E-state index contributed by atoms with van der Waals surface area (Å²) in [6.07, 6.45) is 2.39. The van der Waals surface area contributed by atoms with Gasteiger partial charge in [-0.05, 0) is 43.1 Å². The molecule has 2 nitrogen and oxygen atoms in total. The van der Waals surface area contributed by atoms with Gasteiger partial charge in [-0.3, -0.25) is 0 Å². The molecule has 1 saturated heterocycles. The molecule has 0 atom stereocenters. The van der Waals surface area contributed by atoms with E-state index in [0.29, 0.717) is 0 Å². The minimum absolute atomic E-state index is 0.237. The molecule has 0 amide bonds. The number of piperidine rings is 1. The second-order valence-electron chi connectivity index (χ2n) is 4.46. The Balaban J connectivity index is 2.09. The Morgan fingerprint density at radius 2 is 2.00 bits per heavy atom. The molecule has 2 aliphatic heterocycles. The molecule has 1 spiro atoms. The van der Waals surface area contributed by atoms with Gasteiger partial charge in [-0.15, -0.1) is 0 Å². The van der Waals surface area contributed by atoms with Crippen molar-refractivity contribution in [3.05, 3.63) is 33.8 Å². The summed E-state index contributed by atoms with van der Waals surface area (Å²) >= 11 is 3.70. The molecule has 3 rings (SSSR count). The first-order chi connectivity index (χ1) is 7.32. The fraction of sp³-hybridized carbons (Fsp3) is 0.500. The van der Waals surface area contributed by atoms with E-state index >= 15 is 0 Å². The SMILES string of the molecule is Brc1cccc2c1C1(CCNCC1)NC2. The summed E-state index contributed by atoms with van der Waals surface area (Å²) in [6.45, 7) is 3.26. The molecule has 2 N–H and O–H groups in total. The monoisotopic (exact) mass is 266 g/mol. The van der Waals surface area contributed by atoms with Gasteiger partial charge in [-0.2, -0.15) is 0 Å². The third-order valence-electron chi connectivity index (χ3n) is 3.65. The molecule has 2 aliphatic rings. The Bertz CT molecular complexity index is 378. The fourth-order valence-electron chi connectivity index (χ4n) is 2.89. The van der Waals surface area contributed by atoms with Crippen LogP contribution in [0.2, 0.25) is 0 Å². The van der Waals surface area contributed by atoms with E-state index in [9.17, 15) is 0 Å². The normalized spacial score (nSPS) is 23.0. The predicted molar refractivity (Wildman–Crippen MR) is 64.8 cm³/mol. The molecular formula is C12H15BrN2. The van der Waals surface area contributed by atoms with E-state index in [1.54, 1.807) is 0 Å². The van der Waals surface area contributed by atoms with Crippen LogP contribution >= 0.6 is 15.9 Å². The summed E-state index contributed by atoms with van der Waals surface area (Å²) in [5.74, 6) is 0. The van der Waals surface area contributed by atoms with Crippen molar-refractivity contribution in [1.29, 1.82) is 0 Å².